The third-order valence-electron chi connectivity index (χ3n) is 5.45. The smallest absolute Gasteiger partial charge is 0.311 e. The van der Waals surface area contributed by atoms with Crippen LogP contribution in [0.5, 0.6) is 5.75 Å². The highest BCUT2D eigenvalue weighted by Crippen LogP contribution is 2.33. The number of rotatable bonds is 5. The molecule has 0 bridgehead atoms. The fourth-order valence-electron chi connectivity index (χ4n) is 3.90. The van der Waals surface area contributed by atoms with Gasteiger partial charge in [-0.25, -0.2) is 8.42 Å². The van der Waals surface area contributed by atoms with Gasteiger partial charge in [0.15, 0.2) is 5.75 Å². The molecule has 0 amide bonds. The molecular weight excluding hydrogens is 372 g/mol. The topological polar surface area (TPSA) is 96.2 Å². The third-order valence-corrected chi connectivity index (χ3v) is 6.75. The Bertz CT molecular complexity index is 785. The molecule has 0 unspecified atom stereocenters. The highest BCUT2D eigenvalue weighted by atomic mass is 32.2. The maximum Gasteiger partial charge on any atom is 0.311 e. The molecule has 0 spiro atoms. The van der Waals surface area contributed by atoms with Crippen LogP contribution in [0.1, 0.15) is 12.8 Å². The fourth-order valence-corrected chi connectivity index (χ4v) is 4.73. The van der Waals surface area contributed by atoms with Crippen molar-refractivity contribution in [2.75, 3.05) is 57.5 Å². The van der Waals surface area contributed by atoms with E-state index in [-0.39, 0.29) is 11.4 Å². The third kappa shape index (κ3) is 4.50. The second kappa shape index (κ2) is 7.99. The Hall–Kier alpha value is -1.91. The zero-order valence-corrected chi connectivity index (χ0v) is 16.5. The predicted octanol–water partition coefficient (Wildman–Crippen LogP) is 1.15. The van der Waals surface area contributed by atoms with Crippen molar-refractivity contribution in [2.24, 2.45) is 0 Å². The lowest BCUT2D eigenvalue weighted by atomic mass is 10.0. The molecule has 1 aromatic carbocycles. The first-order valence-electron chi connectivity index (χ1n) is 9.06. The number of nitro groups is 1. The van der Waals surface area contributed by atoms with Crippen LogP contribution in [0.3, 0.4) is 0 Å². The fraction of sp³-hybridized carbons (Fsp3) is 0.647. The highest BCUT2D eigenvalue weighted by molar-refractivity contribution is 7.88. The number of hydrogen-bond acceptors (Lipinski definition) is 7. The summed E-state index contributed by atoms with van der Waals surface area (Å²) < 4.78 is 30.0. The van der Waals surface area contributed by atoms with Gasteiger partial charge in [0.25, 0.3) is 0 Å². The van der Waals surface area contributed by atoms with Crippen LogP contribution < -0.4 is 9.64 Å². The molecule has 2 heterocycles. The second-order valence-corrected chi connectivity index (χ2v) is 9.01. The van der Waals surface area contributed by atoms with Gasteiger partial charge >= 0.3 is 5.69 Å². The summed E-state index contributed by atoms with van der Waals surface area (Å²) in [6.45, 7) is 4.36. The first-order chi connectivity index (χ1) is 12.8. The van der Waals surface area contributed by atoms with Crippen molar-refractivity contribution in [3.8, 4) is 5.75 Å². The van der Waals surface area contributed by atoms with Crippen molar-refractivity contribution in [1.29, 1.82) is 0 Å². The van der Waals surface area contributed by atoms with Crippen LogP contribution in [0.15, 0.2) is 18.2 Å². The molecule has 0 atom stereocenters. The van der Waals surface area contributed by atoms with Gasteiger partial charge in [0.2, 0.25) is 10.0 Å². The van der Waals surface area contributed by atoms with E-state index in [4.69, 9.17) is 4.74 Å². The molecule has 1 aromatic rings. The van der Waals surface area contributed by atoms with Gasteiger partial charge < -0.3 is 9.64 Å². The standard InChI is InChI=1S/C17H26N4O5S/c1-26-17-13-15(3-4-16(17)21(22)23)18-7-5-14(6-8-18)19-9-11-20(12-10-19)27(2,24)25/h3-4,13-14H,5-12H2,1-2H3. The van der Waals surface area contributed by atoms with Crippen LogP contribution >= 0.6 is 0 Å². The van der Waals surface area contributed by atoms with Crippen molar-refractivity contribution >= 4 is 21.4 Å². The lowest BCUT2D eigenvalue weighted by molar-refractivity contribution is -0.385. The van der Waals surface area contributed by atoms with E-state index in [0.717, 1.165) is 44.7 Å². The van der Waals surface area contributed by atoms with Crippen LogP contribution in [-0.4, -0.2) is 81.2 Å². The molecule has 0 radical (unpaired) electrons. The first kappa shape index (κ1) is 19.8. The maximum absolute atomic E-state index is 11.6. The van der Waals surface area contributed by atoms with E-state index in [1.165, 1.54) is 19.4 Å². The number of piperidine rings is 1. The van der Waals surface area contributed by atoms with Crippen LogP contribution in [0.4, 0.5) is 11.4 Å². The molecule has 2 fully saturated rings. The number of sulfonamides is 1. The molecular formula is C17H26N4O5S. The first-order valence-corrected chi connectivity index (χ1v) is 10.9. The minimum Gasteiger partial charge on any atom is -0.490 e. The molecule has 10 heteroatoms. The minimum absolute atomic E-state index is 0.0279. The number of hydrogen-bond donors (Lipinski definition) is 0. The summed E-state index contributed by atoms with van der Waals surface area (Å²) in [5.74, 6) is 0.275. The summed E-state index contributed by atoms with van der Waals surface area (Å²) in [5.41, 5.74) is 0.901. The van der Waals surface area contributed by atoms with Crippen LogP contribution in [0.25, 0.3) is 0 Å². The predicted molar refractivity (Wildman–Crippen MR) is 103 cm³/mol. The summed E-state index contributed by atoms with van der Waals surface area (Å²) in [5, 5.41) is 11.0. The quantitative estimate of drug-likeness (QED) is 0.542. The number of piperazine rings is 1. The molecule has 2 aliphatic rings. The second-order valence-electron chi connectivity index (χ2n) is 7.03. The molecule has 150 valence electrons. The zero-order valence-electron chi connectivity index (χ0n) is 15.7. The van der Waals surface area contributed by atoms with E-state index >= 15 is 0 Å². The Balaban J connectivity index is 1.57. The van der Waals surface area contributed by atoms with Gasteiger partial charge in [0, 0.05) is 63.1 Å². The summed E-state index contributed by atoms with van der Waals surface area (Å²) in [6.07, 6.45) is 3.23. The highest BCUT2D eigenvalue weighted by Gasteiger charge is 2.30. The van der Waals surface area contributed by atoms with Crippen LogP contribution in [0, 0.1) is 10.1 Å². The van der Waals surface area contributed by atoms with Crippen LogP contribution in [0.2, 0.25) is 0 Å². The Labute approximate surface area is 159 Å². The van der Waals surface area contributed by atoms with E-state index < -0.39 is 14.9 Å². The largest absolute Gasteiger partial charge is 0.490 e. The summed E-state index contributed by atoms with van der Waals surface area (Å²) in [6, 6.07) is 5.43. The average Bonchev–Trinajstić information content (AvgIpc) is 2.67. The molecule has 0 aliphatic carbocycles. The van der Waals surface area contributed by atoms with Crippen molar-refractivity contribution in [3.05, 3.63) is 28.3 Å². The lowest BCUT2D eigenvalue weighted by Crippen LogP contribution is -2.54. The number of ether oxygens (including phenoxy) is 1. The normalized spacial score (nSPS) is 20.6. The Morgan fingerprint density at radius 3 is 2.26 bits per heavy atom. The number of methoxy groups -OCH3 is 1. The average molecular weight is 398 g/mol. The van der Waals surface area contributed by atoms with Gasteiger partial charge in [0.05, 0.1) is 18.3 Å². The van der Waals surface area contributed by atoms with Crippen molar-refractivity contribution in [2.45, 2.75) is 18.9 Å². The monoisotopic (exact) mass is 398 g/mol. The van der Waals surface area contributed by atoms with E-state index in [0.29, 0.717) is 19.1 Å². The summed E-state index contributed by atoms with van der Waals surface area (Å²) in [4.78, 5) is 15.2. The summed E-state index contributed by atoms with van der Waals surface area (Å²) in [7, 11) is -1.66. The molecule has 0 aromatic heterocycles. The number of benzene rings is 1. The van der Waals surface area contributed by atoms with Crippen molar-refractivity contribution < 1.29 is 18.1 Å². The van der Waals surface area contributed by atoms with Gasteiger partial charge in [-0.2, -0.15) is 4.31 Å². The molecule has 0 N–H and O–H groups in total. The van der Waals surface area contributed by atoms with Gasteiger partial charge in [-0.15, -0.1) is 0 Å². The zero-order chi connectivity index (χ0) is 19.6. The van der Waals surface area contributed by atoms with Crippen LogP contribution in [-0.2, 0) is 10.0 Å². The molecule has 2 saturated heterocycles. The molecule has 2 aliphatic heterocycles. The van der Waals surface area contributed by atoms with Gasteiger partial charge in [-0.1, -0.05) is 0 Å². The lowest BCUT2D eigenvalue weighted by Gasteiger charge is -2.42. The minimum atomic E-state index is -3.10. The Kier molecular flexibility index (Phi) is 5.87. The molecule has 9 nitrogen and oxygen atoms in total. The van der Waals surface area contributed by atoms with Crippen molar-refractivity contribution in [3.63, 3.8) is 0 Å². The Morgan fingerprint density at radius 2 is 1.74 bits per heavy atom. The molecule has 0 saturated carbocycles. The SMILES string of the molecule is COc1cc(N2CCC(N3CCN(S(C)(=O)=O)CC3)CC2)ccc1[N+](=O)[O-]. The summed E-state index contributed by atoms with van der Waals surface area (Å²) >= 11 is 0. The van der Waals surface area contributed by atoms with E-state index in [2.05, 4.69) is 9.80 Å². The number of anilines is 1. The Morgan fingerprint density at radius 1 is 1.11 bits per heavy atom. The molecule has 27 heavy (non-hydrogen) atoms. The molecule has 3 rings (SSSR count). The van der Waals surface area contributed by atoms with Gasteiger partial charge in [-0.05, 0) is 18.9 Å². The maximum atomic E-state index is 11.6. The van der Waals surface area contributed by atoms with Gasteiger partial charge in [-0.3, -0.25) is 15.0 Å². The van der Waals surface area contributed by atoms with E-state index in [1.807, 2.05) is 0 Å². The number of nitrogens with zero attached hydrogens (tertiary/aromatic N) is 4. The van der Waals surface area contributed by atoms with E-state index in [9.17, 15) is 18.5 Å². The van der Waals surface area contributed by atoms with Crippen molar-refractivity contribution in [1.82, 2.24) is 9.21 Å². The van der Waals surface area contributed by atoms with E-state index in [1.54, 1.807) is 16.4 Å². The number of nitro benzene ring substituents is 1. The van der Waals surface area contributed by atoms with Gasteiger partial charge in [0.1, 0.15) is 0 Å².